The molecule has 1 atom stereocenters. The van der Waals surface area contributed by atoms with Gasteiger partial charge in [0.05, 0.1) is 11.8 Å². The summed E-state index contributed by atoms with van der Waals surface area (Å²) in [7, 11) is -3.56. The molecule has 1 saturated heterocycles. The standard InChI is InChI=1S/C18H28F2N4O5S/c1-3-13(14-7-8-16(21-14)29-12-18(2,19)20)23-30(27,28)10-6-4-5-9-24-11-15(25)22-17(24)26/h7-8,13,21,23H,3-6,9-12H2,1-2H3,(H,22,25,26). The number of unbranched alkanes of at least 4 members (excludes halogenated alkanes) is 2. The summed E-state index contributed by atoms with van der Waals surface area (Å²) < 4.78 is 58.1. The third-order valence-electron chi connectivity index (χ3n) is 4.48. The summed E-state index contributed by atoms with van der Waals surface area (Å²) >= 11 is 0. The molecule has 0 spiro atoms. The van der Waals surface area contributed by atoms with Gasteiger partial charge in [-0.3, -0.25) is 10.1 Å². The van der Waals surface area contributed by atoms with Gasteiger partial charge in [0.2, 0.25) is 15.9 Å². The van der Waals surface area contributed by atoms with Crippen LogP contribution in [0.25, 0.3) is 0 Å². The van der Waals surface area contributed by atoms with Crippen molar-refractivity contribution in [3.8, 4) is 5.88 Å². The molecule has 1 aliphatic heterocycles. The van der Waals surface area contributed by atoms with Crippen LogP contribution in [0, 0.1) is 0 Å². The first-order valence-electron chi connectivity index (χ1n) is 9.77. The Morgan fingerprint density at radius 3 is 2.60 bits per heavy atom. The highest BCUT2D eigenvalue weighted by atomic mass is 32.2. The maximum atomic E-state index is 12.9. The molecule has 9 nitrogen and oxygen atoms in total. The van der Waals surface area contributed by atoms with E-state index in [2.05, 4.69) is 15.0 Å². The molecule has 170 valence electrons. The summed E-state index contributed by atoms with van der Waals surface area (Å²) in [6.07, 6.45) is 2.04. The van der Waals surface area contributed by atoms with Gasteiger partial charge < -0.3 is 14.6 Å². The summed E-state index contributed by atoms with van der Waals surface area (Å²) in [5.41, 5.74) is 0.528. The van der Waals surface area contributed by atoms with Crippen molar-refractivity contribution in [1.29, 1.82) is 0 Å². The first kappa shape index (κ1) is 24.1. The number of halogens is 2. The number of aromatic nitrogens is 1. The fraction of sp³-hybridized carbons (Fsp3) is 0.667. The molecule has 1 fully saturated rings. The van der Waals surface area contributed by atoms with E-state index in [0.29, 0.717) is 37.9 Å². The zero-order valence-corrected chi connectivity index (χ0v) is 17.9. The third-order valence-corrected chi connectivity index (χ3v) is 5.95. The number of amides is 3. The van der Waals surface area contributed by atoms with E-state index in [4.69, 9.17) is 4.74 Å². The van der Waals surface area contributed by atoms with Crippen molar-refractivity contribution in [1.82, 2.24) is 19.9 Å². The van der Waals surface area contributed by atoms with E-state index < -0.39 is 34.6 Å². The van der Waals surface area contributed by atoms with Crippen molar-refractivity contribution in [2.75, 3.05) is 25.4 Å². The predicted octanol–water partition coefficient (Wildman–Crippen LogP) is 2.14. The van der Waals surface area contributed by atoms with Crippen LogP contribution in [-0.4, -0.2) is 61.6 Å². The first-order chi connectivity index (χ1) is 14.0. The molecule has 0 saturated carbocycles. The van der Waals surface area contributed by atoms with Crippen molar-refractivity contribution >= 4 is 22.0 Å². The van der Waals surface area contributed by atoms with E-state index in [1.165, 1.54) is 11.0 Å². The summed E-state index contributed by atoms with van der Waals surface area (Å²) in [6.45, 7) is 2.21. The minimum absolute atomic E-state index is 0.0363. The average Bonchev–Trinajstić information content (AvgIpc) is 3.23. The Morgan fingerprint density at radius 2 is 2.00 bits per heavy atom. The van der Waals surface area contributed by atoms with Crippen LogP contribution in [0.15, 0.2) is 12.1 Å². The lowest BCUT2D eigenvalue weighted by Gasteiger charge is -2.17. The van der Waals surface area contributed by atoms with Crippen LogP contribution in [0.2, 0.25) is 0 Å². The lowest BCUT2D eigenvalue weighted by Crippen LogP contribution is -2.31. The maximum Gasteiger partial charge on any atom is 0.324 e. The number of alkyl halides is 2. The van der Waals surface area contributed by atoms with Gasteiger partial charge >= 0.3 is 6.03 Å². The van der Waals surface area contributed by atoms with Gasteiger partial charge in [0.25, 0.3) is 5.92 Å². The number of ether oxygens (including phenoxy) is 1. The lowest BCUT2D eigenvalue weighted by molar-refractivity contribution is -0.118. The molecule has 3 N–H and O–H groups in total. The Balaban J connectivity index is 1.76. The minimum Gasteiger partial charge on any atom is -0.473 e. The van der Waals surface area contributed by atoms with Crippen molar-refractivity contribution in [3.63, 3.8) is 0 Å². The normalized spacial score (nSPS) is 16.1. The van der Waals surface area contributed by atoms with E-state index in [1.54, 1.807) is 13.0 Å². The van der Waals surface area contributed by atoms with Crippen molar-refractivity contribution in [2.24, 2.45) is 0 Å². The number of hydrogen-bond acceptors (Lipinski definition) is 5. The van der Waals surface area contributed by atoms with Crippen LogP contribution >= 0.6 is 0 Å². The molecule has 3 amide bonds. The highest BCUT2D eigenvalue weighted by molar-refractivity contribution is 7.89. The Hall–Kier alpha value is -2.21. The second kappa shape index (κ2) is 10.2. The SMILES string of the molecule is CCC(NS(=O)(=O)CCCCCN1CC(=O)NC1=O)c1ccc(OCC(C)(F)F)[nH]1. The first-order valence-corrected chi connectivity index (χ1v) is 11.4. The van der Waals surface area contributed by atoms with Gasteiger partial charge in [-0.2, -0.15) is 0 Å². The molecule has 12 heteroatoms. The molecular formula is C18H28F2N4O5S. The summed E-state index contributed by atoms with van der Waals surface area (Å²) in [5, 5.41) is 2.19. The molecule has 0 radical (unpaired) electrons. The molecule has 0 aliphatic carbocycles. The second-order valence-electron chi connectivity index (χ2n) is 7.37. The summed E-state index contributed by atoms with van der Waals surface area (Å²) in [4.78, 5) is 26.7. The molecular weight excluding hydrogens is 422 g/mol. The number of urea groups is 1. The van der Waals surface area contributed by atoms with E-state index in [9.17, 15) is 26.8 Å². The number of aromatic amines is 1. The Morgan fingerprint density at radius 1 is 1.27 bits per heavy atom. The van der Waals surface area contributed by atoms with Gasteiger partial charge in [0.15, 0.2) is 12.5 Å². The highest BCUT2D eigenvalue weighted by Crippen LogP contribution is 2.22. The minimum atomic E-state index is -3.56. The molecule has 1 aromatic heterocycles. The highest BCUT2D eigenvalue weighted by Gasteiger charge is 2.26. The van der Waals surface area contributed by atoms with Crippen LogP contribution in [0.1, 0.15) is 51.3 Å². The second-order valence-corrected chi connectivity index (χ2v) is 9.24. The monoisotopic (exact) mass is 450 g/mol. The van der Waals surface area contributed by atoms with Crippen LogP contribution in [0.4, 0.5) is 13.6 Å². The lowest BCUT2D eigenvalue weighted by atomic mass is 10.2. The molecule has 0 bridgehead atoms. The number of sulfonamides is 1. The zero-order valence-electron chi connectivity index (χ0n) is 17.0. The molecule has 30 heavy (non-hydrogen) atoms. The van der Waals surface area contributed by atoms with Gasteiger partial charge in [0.1, 0.15) is 6.54 Å². The summed E-state index contributed by atoms with van der Waals surface area (Å²) in [6, 6.07) is 2.13. The van der Waals surface area contributed by atoms with Crippen molar-refractivity contribution in [2.45, 2.75) is 51.5 Å². The Labute approximate surface area is 174 Å². The number of carbonyl (C=O) groups excluding carboxylic acids is 2. The van der Waals surface area contributed by atoms with Gasteiger partial charge in [-0.15, -0.1) is 0 Å². The number of rotatable bonds is 13. The van der Waals surface area contributed by atoms with E-state index in [1.807, 2.05) is 0 Å². The van der Waals surface area contributed by atoms with E-state index >= 15 is 0 Å². The number of nitrogens with zero attached hydrogens (tertiary/aromatic N) is 1. The van der Waals surface area contributed by atoms with Gasteiger partial charge in [-0.05, 0) is 31.4 Å². The fourth-order valence-electron chi connectivity index (χ4n) is 2.96. The number of nitrogens with one attached hydrogen (secondary N) is 3. The largest absolute Gasteiger partial charge is 0.473 e. The van der Waals surface area contributed by atoms with E-state index in [0.717, 1.165) is 6.92 Å². The van der Waals surface area contributed by atoms with E-state index in [-0.39, 0.29) is 24.1 Å². The quantitative estimate of drug-likeness (QED) is 0.314. The molecule has 2 rings (SSSR count). The van der Waals surface area contributed by atoms with Crippen LogP contribution < -0.4 is 14.8 Å². The fourth-order valence-corrected chi connectivity index (χ4v) is 4.39. The number of H-pyrrole nitrogens is 1. The predicted molar refractivity (Wildman–Crippen MR) is 106 cm³/mol. The molecule has 1 aliphatic rings. The smallest absolute Gasteiger partial charge is 0.324 e. The average molecular weight is 451 g/mol. The third kappa shape index (κ3) is 7.90. The van der Waals surface area contributed by atoms with Crippen LogP contribution in [0.5, 0.6) is 5.88 Å². The Bertz CT molecular complexity index is 838. The molecule has 1 aromatic rings. The van der Waals surface area contributed by atoms with Gasteiger partial charge in [-0.1, -0.05) is 13.3 Å². The van der Waals surface area contributed by atoms with Crippen molar-refractivity contribution < 1.29 is 31.5 Å². The molecule has 2 heterocycles. The molecule has 1 unspecified atom stereocenters. The van der Waals surface area contributed by atoms with Crippen LogP contribution in [0.3, 0.4) is 0 Å². The maximum absolute atomic E-state index is 12.9. The Kier molecular flexibility index (Phi) is 8.18. The van der Waals surface area contributed by atoms with Crippen molar-refractivity contribution in [3.05, 3.63) is 17.8 Å². The summed E-state index contributed by atoms with van der Waals surface area (Å²) in [5.74, 6) is -3.24. The number of carbonyl (C=O) groups is 2. The zero-order chi connectivity index (χ0) is 22.4. The number of imide groups is 1. The number of hydrogen-bond donors (Lipinski definition) is 3. The van der Waals surface area contributed by atoms with Gasteiger partial charge in [0, 0.05) is 19.2 Å². The molecule has 0 aromatic carbocycles. The van der Waals surface area contributed by atoms with Gasteiger partial charge in [-0.25, -0.2) is 26.7 Å². The topological polar surface area (TPSA) is 121 Å². The van der Waals surface area contributed by atoms with Crippen LogP contribution in [-0.2, 0) is 14.8 Å².